The Morgan fingerprint density at radius 1 is 1.24 bits per heavy atom. The third kappa shape index (κ3) is 7.53. The van der Waals surface area contributed by atoms with Crippen molar-refractivity contribution in [2.75, 3.05) is 14.2 Å². The van der Waals surface area contributed by atoms with Gasteiger partial charge in [-0.25, -0.2) is 0 Å². The number of aliphatic hydroxyl groups is 1. The van der Waals surface area contributed by atoms with Gasteiger partial charge in [-0.1, -0.05) is 31.4 Å². The molecule has 1 aliphatic rings. The van der Waals surface area contributed by atoms with E-state index in [0.717, 1.165) is 49.7 Å². The normalized spacial score (nSPS) is 19.0. The smallest absolute Gasteiger partial charge is 0.305 e. The van der Waals surface area contributed by atoms with Crippen LogP contribution in [0.15, 0.2) is 23.3 Å². The van der Waals surface area contributed by atoms with Crippen molar-refractivity contribution < 1.29 is 24.2 Å². The van der Waals surface area contributed by atoms with Gasteiger partial charge in [0.2, 0.25) is 0 Å². The molecule has 5 nitrogen and oxygen atoms in total. The van der Waals surface area contributed by atoms with E-state index in [1.807, 2.05) is 6.92 Å². The monoisotopic (exact) mass is 352 g/mol. The van der Waals surface area contributed by atoms with E-state index in [9.17, 15) is 14.7 Å². The Morgan fingerprint density at radius 3 is 2.56 bits per heavy atom. The van der Waals surface area contributed by atoms with Gasteiger partial charge in [-0.05, 0) is 37.3 Å². The van der Waals surface area contributed by atoms with Crippen LogP contribution in [0.25, 0.3) is 0 Å². The third-order valence-corrected chi connectivity index (χ3v) is 4.65. The second-order valence-electron chi connectivity index (χ2n) is 6.50. The zero-order valence-corrected chi connectivity index (χ0v) is 15.8. The van der Waals surface area contributed by atoms with E-state index in [4.69, 9.17) is 4.74 Å². The molecule has 0 aliphatic heterocycles. The molecule has 1 N–H and O–H groups in total. The highest BCUT2D eigenvalue weighted by Gasteiger charge is 2.32. The summed E-state index contributed by atoms with van der Waals surface area (Å²) in [6.45, 7) is 1.85. The highest BCUT2D eigenvalue weighted by atomic mass is 16.5. The molecule has 0 heterocycles. The number of methoxy groups -OCH3 is 2. The number of allylic oxidation sites excluding steroid dienone is 1. The lowest BCUT2D eigenvalue weighted by Gasteiger charge is -2.14. The summed E-state index contributed by atoms with van der Waals surface area (Å²) < 4.78 is 10.1. The van der Waals surface area contributed by atoms with Gasteiger partial charge in [-0.3, -0.25) is 9.59 Å². The number of rotatable bonds is 12. The van der Waals surface area contributed by atoms with Crippen LogP contribution in [0.2, 0.25) is 0 Å². The first-order valence-electron chi connectivity index (χ1n) is 9.19. The van der Waals surface area contributed by atoms with Crippen LogP contribution in [0.4, 0.5) is 0 Å². The van der Waals surface area contributed by atoms with E-state index in [0.29, 0.717) is 19.3 Å². The number of aliphatic hydroxyl groups excluding tert-OH is 1. The molecule has 0 aromatic heterocycles. The maximum atomic E-state index is 12.2. The standard InChI is InChI=1S/C20H32O5/c1-4-10-15(21)13-17-16(19(24-2)14-18(17)22)11-8-6-5-7-9-12-20(23)25-3/h4,10,15,19,21H,5-9,11-14H2,1-3H3. The van der Waals surface area contributed by atoms with Crippen molar-refractivity contribution in [3.05, 3.63) is 23.3 Å². The Hall–Kier alpha value is -1.46. The molecular weight excluding hydrogens is 320 g/mol. The predicted octanol–water partition coefficient (Wildman–Crippen LogP) is 3.50. The van der Waals surface area contributed by atoms with Gasteiger partial charge in [-0.15, -0.1) is 0 Å². The molecule has 0 amide bonds. The number of unbranched alkanes of at least 4 members (excludes halogenated alkanes) is 4. The van der Waals surface area contributed by atoms with Crippen molar-refractivity contribution in [1.29, 1.82) is 0 Å². The highest BCUT2D eigenvalue weighted by Crippen LogP contribution is 2.32. The average Bonchev–Trinajstić information content (AvgIpc) is 2.89. The molecule has 0 bridgehead atoms. The van der Waals surface area contributed by atoms with Crippen molar-refractivity contribution in [3.8, 4) is 0 Å². The molecule has 2 unspecified atom stereocenters. The van der Waals surface area contributed by atoms with E-state index in [2.05, 4.69) is 4.74 Å². The number of carbonyl (C=O) groups excluding carboxylic acids is 2. The van der Waals surface area contributed by atoms with Crippen LogP contribution in [0.5, 0.6) is 0 Å². The van der Waals surface area contributed by atoms with Crippen LogP contribution in [0.3, 0.4) is 0 Å². The molecule has 0 fully saturated rings. The molecule has 0 aromatic carbocycles. The molecule has 0 aromatic rings. The zero-order chi connectivity index (χ0) is 18.7. The molecule has 25 heavy (non-hydrogen) atoms. The van der Waals surface area contributed by atoms with Gasteiger partial charge >= 0.3 is 5.97 Å². The zero-order valence-electron chi connectivity index (χ0n) is 15.8. The van der Waals surface area contributed by atoms with Crippen LogP contribution in [-0.2, 0) is 19.1 Å². The molecule has 0 radical (unpaired) electrons. The second kappa shape index (κ2) is 12.0. The summed E-state index contributed by atoms with van der Waals surface area (Å²) in [4.78, 5) is 23.3. The topological polar surface area (TPSA) is 72.8 Å². The van der Waals surface area contributed by atoms with Gasteiger partial charge in [0, 0.05) is 26.4 Å². The molecule has 0 saturated heterocycles. The van der Waals surface area contributed by atoms with E-state index in [-0.39, 0.29) is 17.9 Å². The van der Waals surface area contributed by atoms with Crippen molar-refractivity contribution in [2.24, 2.45) is 0 Å². The van der Waals surface area contributed by atoms with E-state index < -0.39 is 6.10 Å². The summed E-state index contributed by atoms with van der Waals surface area (Å²) in [6, 6.07) is 0. The number of hydrogen-bond donors (Lipinski definition) is 1. The van der Waals surface area contributed by atoms with Crippen molar-refractivity contribution in [1.82, 2.24) is 0 Å². The lowest BCUT2D eigenvalue weighted by molar-refractivity contribution is -0.140. The van der Waals surface area contributed by atoms with Gasteiger partial charge in [0.15, 0.2) is 5.78 Å². The third-order valence-electron chi connectivity index (χ3n) is 4.65. The summed E-state index contributed by atoms with van der Waals surface area (Å²) in [5.41, 5.74) is 1.81. The van der Waals surface area contributed by atoms with E-state index in [1.165, 1.54) is 7.11 Å². The molecule has 0 spiro atoms. The Balaban J connectivity index is 2.46. The number of ether oxygens (including phenoxy) is 2. The molecule has 1 aliphatic carbocycles. The molecule has 142 valence electrons. The molecule has 2 atom stereocenters. The SMILES string of the molecule is CC=CC(O)CC1=C(CCCCCCCC(=O)OC)C(OC)CC1=O. The van der Waals surface area contributed by atoms with Gasteiger partial charge in [-0.2, -0.15) is 0 Å². The average molecular weight is 352 g/mol. The minimum Gasteiger partial charge on any atom is -0.469 e. The summed E-state index contributed by atoms with van der Waals surface area (Å²) >= 11 is 0. The lowest BCUT2D eigenvalue weighted by Crippen LogP contribution is -2.10. The highest BCUT2D eigenvalue weighted by molar-refractivity contribution is 5.99. The van der Waals surface area contributed by atoms with Gasteiger partial charge in [0.1, 0.15) is 0 Å². The van der Waals surface area contributed by atoms with Crippen molar-refractivity contribution in [2.45, 2.75) is 76.9 Å². The Morgan fingerprint density at radius 2 is 1.92 bits per heavy atom. The van der Waals surface area contributed by atoms with Crippen molar-refractivity contribution >= 4 is 11.8 Å². The minimum absolute atomic E-state index is 0.100. The minimum atomic E-state index is -0.618. The fourth-order valence-corrected chi connectivity index (χ4v) is 3.29. The first-order valence-corrected chi connectivity index (χ1v) is 9.19. The van der Waals surface area contributed by atoms with Gasteiger partial charge in [0.05, 0.1) is 19.3 Å². The maximum absolute atomic E-state index is 12.2. The predicted molar refractivity (Wildman–Crippen MR) is 97.2 cm³/mol. The first kappa shape index (κ1) is 21.6. The number of hydrogen-bond acceptors (Lipinski definition) is 5. The molecule has 0 saturated carbocycles. The number of esters is 1. The number of carbonyl (C=O) groups is 2. The fraction of sp³-hybridized carbons (Fsp3) is 0.700. The van der Waals surface area contributed by atoms with Crippen LogP contribution < -0.4 is 0 Å². The number of Topliss-reactive ketones (excluding diaryl/α,β-unsaturated/α-hetero) is 1. The van der Waals surface area contributed by atoms with Crippen LogP contribution in [0.1, 0.15) is 64.7 Å². The summed E-state index contributed by atoms with van der Waals surface area (Å²) in [6.07, 6.45) is 9.80. The largest absolute Gasteiger partial charge is 0.469 e. The lowest BCUT2D eigenvalue weighted by atomic mass is 9.97. The second-order valence-corrected chi connectivity index (χ2v) is 6.50. The fourth-order valence-electron chi connectivity index (χ4n) is 3.29. The molecular formula is C20H32O5. The summed E-state index contributed by atoms with van der Waals surface area (Å²) in [5, 5.41) is 9.99. The maximum Gasteiger partial charge on any atom is 0.305 e. The van der Waals surface area contributed by atoms with Crippen LogP contribution in [-0.4, -0.2) is 43.3 Å². The first-order chi connectivity index (χ1) is 12.0. The Labute approximate surface area is 151 Å². The van der Waals surface area contributed by atoms with Gasteiger partial charge < -0.3 is 14.6 Å². The quantitative estimate of drug-likeness (QED) is 0.331. The van der Waals surface area contributed by atoms with E-state index in [1.54, 1.807) is 19.3 Å². The summed E-state index contributed by atoms with van der Waals surface area (Å²) in [7, 11) is 3.05. The van der Waals surface area contributed by atoms with Crippen LogP contribution >= 0.6 is 0 Å². The number of ketones is 1. The van der Waals surface area contributed by atoms with Gasteiger partial charge in [0.25, 0.3) is 0 Å². The van der Waals surface area contributed by atoms with Crippen molar-refractivity contribution in [3.63, 3.8) is 0 Å². The summed E-state index contributed by atoms with van der Waals surface area (Å²) in [5.74, 6) is -0.0506. The van der Waals surface area contributed by atoms with E-state index >= 15 is 0 Å². The Kier molecular flexibility index (Phi) is 10.3. The molecule has 5 heteroatoms. The Bertz CT molecular complexity index is 492. The van der Waals surface area contributed by atoms with Crippen LogP contribution in [0, 0.1) is 0 Å². The molecule has 1 rings (SSSR count).